The second-order valence-electron chi connectivity index (χ2n) is 4.97. The number of nitrogens with one attached hydrogen (secondary N) is 1. The van der Waals surface area contributed by atoms with Crippen LogP contribution in [0.5, 0.6) is 0 Å². The molecule has 2 aromatic heterocycles. The van der Waals surface area contributed by atoms with Gasteiger partial charge in [0.2, 0.25) is 0 Å². The minimum absolute atomic E-state index is 0.0150. The minimum atomic E-state index is -0.267. The first kappa shape index (κ1) is 15.5. The van der Waals surface area contributed by atoms with Crippen LogP contribution >= 0.6 is 11.8 Å². The second-order valence-corrected chi connectivity index (χ2v) is 6.33. The van der Waals surface area contributed by atoms with Crippen LogP contribution < -0.4 is 0 Å². The van der Waals surface area contributed by atoms with Gasteiger partial charge in [-0.05, 0) is 45.4 Å². The Labute approximate surface area is 128 Å². The van der Waals surface area contributed by atoms with E-state index in [1.165, 1.54) is 18.7 Å². The summed E-state index contributed by atoms with van der Waals surface area (Å²) in [6.07, 6.45) is 1.71. The van der Waals surface area contributed by atoms with Crippen molar-refractivity contribution in [1.82, 2.24) is 9.97 Å². The van der Waals surface area contributed by atoms with E-state index in [9.17, 15) is 9.59 Å². The van der Waals surface area contributed by atoms with Gasteiger partial charge in [-0.25, -0.2) is 4.98 Å². The van der Waals surface area contributed by atoms with Crippen molar-refractivity contribution in [2.24, 2.45) is 0 Å². The van der Waals surface area contributed by atoms with Gasteiger partial charge < -0.3 is 4.98 Å². The van der Waals surface area contributed by atoms with E-state index in [0.717, 1.165) is 16.3 Å². The van der Waals surface area contributed by atoms with Crippen LogP contribution in [-0.4, -0.2) is 26.8 Å². The largest absolute Gasteiger partial charge is 0.355 e. The summed E-state index contributed by atoms with van der Waals surface area (Å²) in [5, 5.41) is 0.544. The molecule has 1 unspecified atom stereocenters. The van der Waals surface area contributed by atoms with Gasteiger partial charge >= 0.3 is 0 Å². The maximum Gasteiger partial charge on any atom is 0.192 e. The van der Waals surface area contributed by atoms with Crippen LogP contribution in [0.25, 0.3) is 0 Å². The number of Topliss-reactive ketones (excluding diaryl/α,β-unsaturated/α-hetero) is 2. The average Bonchev–Trinajstić information content (AvgIpc) is 2.74. The Morgan fingerprint density at radius 1 is 1.29 bits per heavy atom. The third-order valence-electron chi connectivity index (χ3n) is 3.34. The predicted octanol–water partition coefficient (Wildman–Crippen LogP) is 3.59. The van der Waals surface area contributed by atoms with E-state index in [-0.39, 0.29) is 16.8 Å². The number of hydrogen-bond acceptors (Lipinski definition) is 4. The van der Waals surface area contributed by atoms with Gasteiger partial charge in [0.05, 0.1) is 16.0 Å². The molecule has 1 atom stereocenters. The van der Waals surface area contributed by atoms with Gasteiger partial charge in [0, 0.05) is 17.5 Å². The molecule has 0 aliphatic heterocycles. The number of aromatic amines is 1. The van der Waals surface area contributed by atoms with Crippen LogP contribution in [0.2, 0.25) is 0 Å². The molecule has 0 spiro atoms. The van der Waals surface area contributed by atoms with E-state index < -0.39 is 0 Å². The molecule has 0 aliphatic carbocycles. The number of carbonyl (C=O) groups is 2. The lowest BCUT2D eigenvalue weighted by Crippen LogP contribution is -2.15. The van der Waals surface area contributed by atoms with Crippen LogP contribution in [0.3, 0.4) is 0 Å². The summed E-state index contributed by atoms with van der Waals surface area (Å²) in [4.78, 5) is 31.5. The minimum Gasteiger partial charge on any atom is -0.355 e. The molecule has 0 aliphatic rings. The summed E-state index contributed by atoms with van der Waals surface area (Å²) in [5.41, 5.74) is 2.62. The maximum absolute atomic E-state index is 12.6. The van der Waals surface area contributed by atoms with E-state index in [1.54, 1.807) is 6.20 Å². The molecule has 2 heterocycles. The Kier molecular flexibility index (Phi) is 4.63. The Balaban J connectivity index is 2.24. The van der Waals surface area contributed by atoms with Gasteiger partial charge in [0.1, 0.15) is 0 Å². The van der Waals surface area contributed by atoms with Crippen molar-refractivity contribution < 1.29 is 9.59 Å². The van der Waals surface area contributed by atoms with Crippen molar-refractivity contribution >= 4 is 23.3 Å². The Morgan fingerprint density at radius 2 is 2.00 bits per heavy atom. The molecule has 0 radical (unpaired) electrons. The zero-order chi connectivity index (χ0) is 15.6. The number of rotatable bonds is 5. The molecule has 110 valence electrons. The third-order valence-corrected chi connectivity index (χ3v) is 4.39. The standard InChI is InChI=1S/C16H18N2O2S/c1-9-14(11(3)19)10(2)18-15(9)16(20)12(4)21-13-7-5-6-8-17-13/h5-8,12,18H,1-4H3. The molecule has 0 bridgehead atoms. The molecule has 2 aromatic rings. The van der Waals surface area contributed by atoms with Crippen molar-refractivity contribution in [2.45, 2.75) is 38.0 Å². The molecule has 0 aromatic carbocycles. The van der Waals surface area contributed by atoms with Crippen LogP contribution in [0.1, 0.15) is 46.0 Å². The lowest BCUT2D eigenvalue weighted by molar-refractivity contribution is 0.0988. The normalized spacial score (nSPS) is 12.2. The molecule has 2 rings (SSSR count). The van der Waals surface area contributed by atoms with Crippen LogP contribution in [0.4, 0.5) is 0 Å². The monoisotopic (exact) mass is 302 g/mol. The molecule has 0 fully saturated rings. The average molecular weight is 302 g/mol. The van der Waals surface area contributed by atoms with Crippen molar-refractivity contribution in [3.05, 3.63) is 46.9 Å². The van der Waals surface area contributed by atoms with Gasteiger partial charge in [0.15, 0.2) is 11.6 Å². The van der Waals surface area contributed by atoms with E-state index in [1.807, 2.05) is 39.0 Å². The Bertz CT molecular complexity index is 677. The highest BCUT2D eigenvalue weighted by Crippen LogP contribution is 2.26. The molecule has 0 saturated carbocycles. The van der Waals surface area contributed by atoms with Crippen molar-refractivity contribution in [1.29, 1.82) is 0 Å². The number of nitrogens with zero attached hydrogens (tertiary/aromatic N) is 1. The first-order valence-electron chi connectivity index (χ1n) is 6.73. The summed E-state index contributed by atoms with van der Waals surface area (Å²) in [6.45, 7) is 7.00. The molecule has 1 N–H and O–H groups in total. The highest BCUT2D eigenvalue weighted by atomic mass is 32.2. The molecule has 0 amide bonds. The first-order valence-corrected chi connectivity index (χ1v) is 7.61. The molecule has 0 saturated heterocycles. The van der Waals surface area contributed by atoms with E-state index >= 15 is 0 Å². The SMILES string of the molecule is CC(=O)c1c(C)[nH]c(C(=O)C(C)Sc2ccccn2)c1C. The number of hydrogen-bond donors (Lipinski definition) is 1. The molecule has 21 heavy (non-hydrogen) atoms. The lowest BCUT2D eigenvalue weighted by atomic mass is 10.0. The van der Waals surface area contributed by atoms with E-state index in [0.29, 0.717) is 11.3 Å². The molecule has 4 nitrogen and oxygen atoms in total. The van der Waals surface area contributed by atoms with E-state index in [4.69, 9.17) is 0 Å². The molecular weight excluding hydrogens is 284 g/mol. The second kappa shape index (κ2) is 6.26. The topological polar surface area (TPSA) is 62.8 Å². The fraction of sp³-hybridized carbons (Fsp3) is 0.312. The number of pyridine rings is 1. The Morgan fingerprint density at radius 3 is 2.52 bits per heavy atom. The third kappa shape index (κ3) is 3.24. The number of aromatic nitrogens is 2. The summed E-state index contributed by atoms with van der Waals surface area (Å²) in [7, 11) is 0. The van der Waals surface area contributed by atoms with E-state index in [2.05, 4.69) is 9.97 Å². The summed E-state index contributed by atoms with van der Waals surface area (Å²) < 4.78 is 0. The quantitative estimate of drug-likeness (QED) is 0.677. The van der Waals surface area contributed by atoms with Crippen LogP contribution in [0, 0.1) is 13.8 Å². The molecule has 5 heteroatoms. The van der Waals surface area contributed by atoms with Crippen LogP contribution in [-0.2, 0) is 0 Å². The fourth-order valence-corrected chi connectivity index (χ4v) is 3.25. The first-order chi connectivity index (χ1) is 9.91. The van der Waals surface area contributed by atoms with Gasteiger partial charge in [-0.2, -0.15) is 0 Å². The van der Waals surface area contributed by atoms with Crippen molar-refractivity contribution in [3.8, 4) is 0 Å². The number of H-pyrrole nitrogens is 1. The van der Waals surface area contributed by atoms with Crippen LogP contribution in [0.15, 0.2) is 29.4 Å². The molecular formula is C16H18N2O2S. The maximum atomic E-state index is 12.6. The zero-order valence-electron chi connectivity index (χ0n) is 12.6. The van der Waals surface area contributed by atoms with Gasteiger partial charge in [0.25, 0.3) is 0 Å². The highest BCUT2D eigenvalue weighted by molar-refractivity contribution is 8.00. The van der Waals surface area contributed by atoms with Crippen molar-refractivity contribution in [2.75, 3.05) is 0 Å². The summed E-state index contributed by atoms with van der Waals surface area (Å²) in [5.74, 6) is -0.0379. The predicted molar refractivity (Wildman–Crippen MR) is 84.2 cm³/mol. The number of thioether (sulfide) groups is 1. The van der Waals surface area contributed by atoms with Gasteiger partial charge in [-0.3, -0.25) is 9.59 Å². The smallest absolute Gasteiger partial charge is 0.192 e. The summed E-state index contributed by atoms with van der Waals surface area (Å²) in [6, 6.07) is 5.61. The van der Waals surface area contributed by atoms with Crippen molar-refractivity contribution in [3.63, 3.8) is 0 Å². The summed E-state index contributed by atoms with van der Waals surface area (Å²) >= 11 is 1.41. The zero-order valence-corrected chi connectivity index (χ0v) is 13.4. The number of ketones is 2. The lowest BCUT2D eigenvalue weighted by Gasteiger charge is -2.09. The van der Waals surface area contributed by atoms with Gasteiger partial charge in [-0.1, -0.05) is 17.8 Å². The fourth-order valence-electron chi connectivity index (χ4n) is 2.38. The Hall–Kier alpha value is -1.88. The number of aryl methyl sites for hydroxylation is 1. The highest BCUT2D eigenvalue weighted by Gasteiger charge is 2.24. The number of carbonyl (C=O) groups excluding carboxylic acids is 2. The van der Waals surface area contributed by atoms with Gasteiger partial charge in [-0.15, -0.1) is 0 Å².